The van der Waals surface area contributed by atoms with Gasteiger partial charge in [-0.3, -0.25) is 4.79 Å². The number of nitrogens with zero attached hydrogens (tertiary/aromatic N) is 1. The van der Waals surface area contributed by atoms with E-state index in [0.717, 1.165) is 51.9 Å². The van der Waals surface area contributed by atoms with Crippen molar-refractivity contribution in [1.82, 2.24) is 10.3 Å². The van der Waals surface area contributed by atoms with Crippen LogP contribution in [-0.4, -0.2) is 37.6 Å². The second-order valence-electron chi connectivity index (χ2n) is 8.04. The fourth-order valence-electron chi connectivity index (χ4n) is 4.15. The molecule has 1 heterocycles. The van der Waals surface area contributed by atoms with Gasteiger partial charge in [-0.2, -0.15) is 0 Å². The molecular weight excluding hydrogens is 404 g/mol. The van der Waals surface area contributed by atoms with E-state index in [2.05, 4.69) is 18.3 Å². The van der Waals surface area contributed by atoms with Crippen molar-refractivity contribution in [1.29, 1.82) is 0 Å². The first-order valence-electron chi connectivity index (χ1n) is 10.6. The smallest absolute Gasteiger partial charge is 0.339 e. The maximum atomic E-state index is 13.1. The highest BCUT2D eigenvalue weighted by Gasteiger charge is 2.29. The number of benzene rings is 2. The Kier molecular flexibility index (Phi) is 6.21. The van der Waals surface area contributed by atoms with Crippen LogP contribution in [0.5, 0.6) is 5.75 Å². The first-order chi connectivity index (χ1) is 15.5. The molecule has 4 rings (SSSR count). The normalized spacial score (nSPS) is 16.5. The van der Waals surface area contributed by atoms with E-state index < -0.39 is 5.97 Å². The molecule has 2 aromatic carbocycles. The largest absolute Gasteiger partial charge is 0.497 e. The summed E-state index contributed by atoms with van der Waals surface area (Å²) >= 11 is 0. The lowest BCUT2D eigenvalue weighted by atomic mass is 9.80. The van der Waals surface area contributed by atoms with E-state index in [-0.39, 0.29) is 12.5 Å². The zero-order chi connectivity index (χ0) is 22.7. The van der Waals surface area contributed by atoms with Gasteiger partial charge >= 0.3 is 5.97 Å². The summed E-state index contributed by atoms with van der Waals surface area (Å²) in [6, 6.07) is 15.4. The SMILES string of the molecule is CNC(=O)COC(=O)c1c2c(nc3ccccc13)/C(=C\c1ccc(OC)cc1)CC(C)C2. The van der Waals surface area contributed by atoms with E-state index in [0.29, 0.717) is 11.5 Å². The monoisotopic (exact) mass is 430 g/mol. The maximum Gasteiger partial charge on any atom is 0.339 e. The number of fused-ring (bicyclic) bond motifs is 2. The number of methoxy groups -OCH3 is 1. The molecule has 1 aromatic heterocycles. The summed E-state index contributed by atoms with van der Waals surface area (Å²) in [5.74, 6) is 0.288. The number of allylic oxidation sites excluding steroid dienone is 1. The Morgan fingerprint density at radius 3 is 2.59 bits per heavy atom. The summed E-state index contributed by atoms with van der Waals surface area (Å²) in [5.41, 5.74) is 5.05. The minimum atomic E-state index is -0.499. The van der Waals surface area contributed by atoms with E-state index in [1.807, 2.05) is 48.5 Å². The summed E-state index contributed by atoms with van der Waals surface area (Å²) in [4.78, 5) is 29.7. The van der Waals surface area contributed by atoms with Gasteiger partial charge in [0.25, 0.3) is 5.91 Å². The van der Waals surface area contributed by atoms with Gasteiger partial charge in [0.15, 0.2) is 6.61 Å². The lowest BCUT2D eigenvalue weighted by Gasteiger charge is -2.26. The molecule has 0 bridgehead atoms. The van der Waals surface area contributed by atoms with Gasteiger partial charge in [-0.05, 0) is 59.7 Å². The number of para-hydroxylation sites is 1. The van der Waals surface area contributed by atoms with Gasteiger partial charge in [0.05, 0.1) is 23.9 Å². The van der Waals surface area contributed by atoms with E-state index >= 15 is 0 Å². The van der Waals surface area contributed by atoms with Crippen LogP contribution >= 0.6 is 0 Å². The number of ether oxygens (including phenoxy) is 2. The first kappa shape index (κ1) is 21.6. The summed E-state index contributed by atoms with van der Waals surface area (Å²) in [7, 11) is 3.16. The molecule has 0 saturated heterocycles. The molecule has 1 aliphatic carbocycles. The highest BCUT2D eigenvalue weighted by atomic mass is 16.5. The number of hydrogen-bond acceptors (Lipinski definition) is 5. The molecule has 164 valence electrons. The highest BCUT2D eigenvalue weighted by Crippen LogP contribution is 2.38. The minimum absolute atomic E-state index is 0.315. The number of pyridine rings is 1. The van der Waals surface area contributed by atoms with Crippen molar-refractivity contribution in [2.45, 2.75) is 19.8 Å². The molecule has 6 nitrogen and oxygen atoms in total. The van der Waals surface area contributed by atoms with E-state index in [1.54, 1.807) is 7.11 Å². The van der Waals surface area contributed by atoms with Crippen molar-refractivity contribution in [3.63, 3.8) is 0 Å². The molecule has 3 aromatic rings. The van der Waals surface area contributed by atoms with Crippen LogP contribution in [0.4, 0.5) is 0 Å². The van der Waals surface area contributed by atoms with Crippen LogP contribution in [0.3, 0.4) is 0 Å². The fourth-order valence-corrected chi connectivity index (χ4v) is 4.15. The Hall–Kier alpha value is -3.67. The second-order valence-corrected chi connectivity index (χ2v) is 8.04. The molecule has 1 aliphatic rings. The van der Waals surface area contributed by atoms with Crippen LogP contribution in [0, 0.1) is 5.92 Å². The van der Waals surface area contributed by atoms with Crippen molar-refractivity contribution in [2.24, 2.45) is 5.92 Å². The molecule has 6 heteroatoms. The third-order valence-corrected chi connectivity index (χ3v) is 5.69. The van der Waals surface area contributed by atoms with Crippen molar-refractivity contribution in [3.8, 4) is 5.75 Å². The topological polar surface area (TPSA) is 77.5 Å². The molecule has 1 atom stereocenters. The number of carbonyl (C=O) groups excluding carboxylic acids is 2. The number of amides is 1. The Labute approximate surface area is 187 Å². The number of nitrogens with one attached hydrogen (secondary N) is 1. The molecule has 0 saturated carbocycles. The first-order valence-corrected chi connectivity index (χ1v) is 10.6. The maximum absolute atomic E-state index is 13.1. The fraction of sp³-hybridized carbons (Fsp3) is 0.269. The third kappa shape index (κ3) is 4.35. The van der Waals surface area contributed by atoms with E-state index in [4.69, 9.17) is 14.5 Å². The van der Waals surface area contributed by atoms with Crippen LogP contribution in [0.15, 0.2) is 48.5 Å². The number of hydrogen-bond donors (Lipinski definition) is 1. The molecule has 1 unspecified atom stereocenters. The average Bonchev–Trinajstić information content (AvgIpc) is 2.81. The van der Waals surface area contributed by atoms with Gasteiger partial charge in [0, 0.05) is 12.4 Å². The summed E-state index contributed by atoms with van der Waals surface area (Å²) in [5, 5.41) is 3.22. The van der Waals surface area contributed by atoms with Crippen molar-refractivity contribution in [2.75, 3.05) is 20.8 Å². The molecule has 0 radical (unpaired) electrons. The number of likely N-dealkylation sites (N-methyl/N-ethyl adjacent to an activating group) is 1. The second kappa shape index (κ2) is 9.22. The lowest BCUT2D eigenvalue weighted by molar-refractivity contribution is -0.123. The predicted octanol–water partition coefficient (Wildman–Crippen LogP) is 4.27. The summed E-state index contributed by atoms with van der Waals surface area (Å²) < 4.78 is 10.6. The Balaban J connectivity index is 1.84. The number of carbonyl (C=O) groups is 2. The van der Waals surface area contributed by atoms with Crippen LogP contribution < -0.4 is 10.1 Å². The Morgan fingerprint density at radius 1 is 1.12 bits per heavy atom. The Bertz CT molecular complexity index is 1200. The standard InChI is InChI=1S/C26H26N2O4/c1-16-12-18(14-17-8-10-19(31-3)11-9-17)25-21(13-16)24(26(30)32-15-23(29)27-2)20-6-4-5-7-22(20)28-25/h4-11,14,16H,12-13,15H2,1-3H3,(H,27,29)/b18-14-. The van der Waals surface area contributed by atoms with Crippen LogP contribution in [0.2, 0.25) is 0 Å². The molecule has 0 fully saturated rings. The molecule has 1 N–H and O–H groups in total. The number of aromatic nitrogens is 1. The van der Waals surface area contributed by atoms with Crippen LogP contribution in [-0.2, 0) is 16.0 Å². The third-order valence-electron chi connectivity index (χ3n) is 5.69. The van der Waals surface area contributed by atoms with Gasteiger partial charge in [-0.1, -0.05) is 37.3 Å². The minimum Gasteiger partial charge on any atom is -0.497 e. The van der Waals surface area contributed by atoms with Gasteiger partial charge < -0.3 is 14.8 Å². The van der Waals surface area contributed by atoms with E-state index in [1.165, 1.54) is 7.05 Å². The quantitative estimate of drug-likeness (QED) is 0.612. The lowest BCUT2D eigenvalue weighted by Crippen LogP contribution is -2.26. The zero-order valence-electron chi connectivity index (χ0n) is 18.5. The molecule has 32 heavy (non-hydrogen) atoms. The van der Waals surface area contributed by atoms with E-state index in [9.17, 15) is 9.59 Å². The van der Waals surface area contributed by atoms with Gasteiger partial charge in [-0.25, -0.2) is 9.78 Å². The van der Waals surface area contributed by atoms with Crippen LogP contribution in [0.25, 0.3) is 22.6 Å². The predicted molar refractivity (Wildman–Crippen MR) is 124 cm³/mol. The van der Waals surface area contributed by atoms with Crippen molar-refractivity contribution >= 4 is 34.4 Å². The molecule has 0 aliphatic heterocycles. The van der Waals surface area contributed by atoms with Gasteiger partial charge in [0.1, 0.15) is 5.75 Å². The van der Waals surface area contributed by atoms with Crippen molar-refractivity contribution in [3.05, 3.63) is 70.9 Å². The summed E-state index contributed by atoms with van der Waals surface area (Å²) in [6.45, 7) is 1.85. The highest BCUT2D eigenvalue weighted by molar-refractivity contribution is 6.07. The van der Waals surface area contributed by atoms with Gasteiger partial charge in [-0.15, -0.1) is 0 Å². The molecular formula is C26H26N2O4. The summed E-state index contributed by atoms with van der Waals surface area (Å²) in [6.07, 6.45) is 3.70. The number of rotatable bonds is 5. The van der Waals surface area contributed by atoms with Gasteiger partial charge in [0.2, 0.25) is 0 Å². The Morgan fingerprint density at radius 2 is 1.88 bits per heavy atom. The zero-order valence-corrected chi connectivity index (χ0v) is 18.5. The number of esters is 1. The molecule has 0 spiro atoms. The average molecular weight is 431 g/mol. The molecule has 1 amide bonds. The van der Waals surface area contributed by atoms with Crippen molar-refractivity contribution < 1.29 is 19.1 Å². The van der Waals surface area contributed by atoms with Crippen LogP contribution in [0.1, 0.15) is 40.5 Å².